The summed E-state index contributed by atoms with van der Waals surface area (Å²) >= 11 is 0. The number of anilines is 1. The maximum atomic E-state index is 12.3. The van der Waals surface area contributed by atoms with Gasteiger partial charge in [0.1, 0.15) is 0 Å². The molecule has 0 fully saturated rings. The first-order valence-corrected chi connectivity index (χ1v) is 7.06. The highest BCUT2D eigenvalue weighted by Gasteiger charge is 2.14. The molecule has 0 aliphatic carbocycles. The van der Waals surface area contributed by atoms with Crippen molar-refractivity contribution in [1.82, 2.24) is 4.98 Å². The molecule has 2 aromatic rings. The van der Waals surface area contributed by atoms with E-state index >= 15 is 0 Å². The number of nitro groups is 1. The Hall–Kier alpha value is -2.83. The van der Waals surface area contributed by atoms with Crippen molar-refractivity contribution in [3.05, 3.63) is 61.6 Å². The molecule has 1 heterocycles. The summed E-state index contributed by atoms with van der Waals surface area (Å²) in [5.74, 6) is 0.302. The van der Waals surface area contributed by atoms with E-state index < -0.39 is 4.92 Å². The zero-order valence-corrected chi connectivity index (χ0v) is 13.5. The van der Waals surface area contributed by atoms with Gasteiger partial charge in [0, 0.05) is 42.7 Å². The third-order valence-corrected chi connectivity index (χ3v) is 3.73. The number of benzene rings is 1. The number of aromatic nitrogens is 1. The van der Waals surface area contributed by atoms with E-state index in [1.165, 1.54) is 13.2 Å². The van der Waals surface area contributed by atoms with Crippen LogP contribution in [0.25, 0.3) is 0 Å². The molecular formula is C16H19N3O4. The number of nitrogens with one attached hydrogen (secondary N) is 1. The first-order valence-electron chi connectivity index (χ1n) is 7.06. The van der Waals surface area contributed by atoms with E-state index in [9.17, 15) is 14.9 Å². The van der Waals surface area contributed by atoms with Gasteiger partial charge in [-0.25, -0.2) is 0 Å². The molecule has 0 aliphatic heterocycles. The third-order valence-electron chi connectivity index (χ3n) is 3.73. The minimum Gasteiger partial charge on any atom is -0.491 e. The van der Waals surface area contributed by atoms with Gasteiger partial charge in [-0.15, -0.1) is 0 Å². The molecular weight excluding hydrogens is 298 g/mol. The highest BCUT2D eigenvalue weighted by atomic mass is 16.6. The number of aromatic amines is 1. The van der Waals surface area contributed by atoms with E-state index in [0.717, 1.165) is 5.69 Å². The number of nitrogens with zero attached hydrogens (tertiary/aromatic N) is 2. The Morgan fingerprint density at radius 1 is 1.35 bits per heavy atom. The zero-order valence-electron chi connectivity index (χ0n) is 13.5. The highest BCUT2D eigenvalue weighted by molar-refractivity contribution is 5.55. The molecule has 0 aliphatic rings. The number of hydrogen-bond acceptors (Lipinski definition) is 5. The fourth-order valence-corrected chi connectivity index (χ4v) is 2.43. The topological polar surface area (TPSA) is 88.5 Å². The fourth-order valence-electron chi connectivity index (χ4n) is 2.43. The standard InChI is InChI=1S/C16H19N3O4/c1-10-7-13(5-6-14(10)19(21)22)18(3)9-12-8-17-11(2)16(23-4)15(12)20/h5-8H,9H2,1-4H3,(H,17,20). The van der Waals surface area contributed by atoms with Gasteiger partial charge in [-0.3, -0.25) is 14.9 Å². The van der Waals surface area contributed by atoms with E-state index in [2.05, 4.69) is 4.98 Å². The number of pyridine rings is 1. The van der Waals surface area contributed by atoms with E-state index in [1.807, 2.05) is 11.9 Å². The molecule has 0 radical (unpaired) electrons. The molecule has 0 saturated heterocycles. The Balaban J connectivity index is 2.29. The second-order valence-corrected chi connectivity index (χ2v) is 5.39. The lowest BCUT2D eigenvalue weighted by Gasteiger charge is -2.20. The molecule has 0 atom stereocenters. The predicted molar refractivity (Wildman–Crippen MR) is 88.3 cm³/mol. The number of aryl methyl sites for hydroxylation is 2. The van der Waals surface area contributed by atoms with E-state index in [1.54, 1.807) is 32.2 Å². The van der Waals surface area contributed by atoms with Crippen LogP contribution in [0.3, 0.4) is 0 Å². The number of rotatable bonds is 5. The van der Waals surface area contributed by atoms with Gasteiger partial charge in [0.25, 0.3) is 5.69 Å². The molecule has 0 amide bonds. The third kappa shape index (κ3) is 3.33. The van der Waals surface area contributed by atoms with Crippen LogP contribution < -0.4 is 15.1 Å². The Morgan fingerprint density at radius 3 is 2.61 bits per heavy atom. The molecule has 1 aromatic carbocycles. The fraction of sp³-hybridized carbons (Fsp3) is 0.312. The summed E-state index contributed by atoms with van der Waals surface area (Å²) in [7, 11) is 3.29. The van der Waals surface area contributed by atoms with Gasteiger partial charge in [0.15, 0.2) is 5.75 Å². The Kier molecular flexibility index (Phi) is 4.68. The number of H-pyrrole nitrogens is 1. The first-order chi connectivity index (χ1) is 10.8. The van der Waals surface area contributed by atoms with Crippen LogP contribution in [0, 0.1) is 24.0 Å². The largest absolute Gasteiger partial charge is 0.491 e. The van der Waals surface area contributed by atoms with Crippen molar-refractivity contribution in [2.75, 3.05) is 19.1 Å². The smallest absolute Gasteiger partial charge is 0.272 e. The predicted octanol–water partition coefficient (Wildman–Crippen LogP) is 2.54. The molecule has 7 heteroatoms. The van der Waals surface area contributed by atoms with Gasteiger partial charge in [-0.1, -0.05) is 0 Å². The molecule has 2 rings (SSSR count). The molecule has 0 saturated carbocycles. The molecule has 0 bridgehead atoms. The van der Waals surface area contributed by atoms with Crippen LogP contribution >= 0.6 is 0 Å². The lowest BCUT2D eigenvalue weighted by Crippen LogP contribution is -2.23. The highest BCUT2D eigenvalue weighted by Crippen LogP contribution is 2.24. The zero-order chi connectivity index (χ0) is 17.1. The monoisotopic (exact) mass is 317 g/mol. The van der Waals surface area contributed by atoms with Crippen molar-refractivity contribution >= 4 is 11.4 Å². The van der Waals surface area contributed by atoms with Gasteiger partial charge in [-0.05, 0) is 26.0 Å². The summed E-state index contributed by atoms with van der Waals surface area (Å²) in [6, 6.07) is 4.88. The number of nitro benzene ring substituents is 1. The second-order valence-electron chi connectivity index (χ2n) is 5.39. The average molecular weight is 317 g/mol. The minimum atomic E-state index is -0.408. The molecule has 1 N–H and O–H groups in total. The molecule has 1 aromatic heterocycles. The summed E-state index contributed by atoms with van der Waals surface area (Å²) in [6.07, 6.45) is 1.66. The maximum absolute atomic E-state index is 12.3. The Labute approximate surface area is 133 Å². The van der Waals surface area contributed by atoms with Crippen LogP contribution in [0.2, 0.25) is 0 Å². The van der Waals surface area contributed by atoms with Crippen molar-refractivity contribution in [3.63, 3.8) is 0 Å². The van der Waals surface area contributed by atoms with Crippen molar-refractivity contribution in [1.29, 1.82) is 0 Å². The van der Waals surface area contributed by atoms with Gasteiger partial charge in [0.05, 0.1) is 17.7 Å². The van der Waals surface area contributed by atoms with Crippen LogP contribution in [0.5, 0.6) is 5.75 Å². The summed E-state index contributed by atoms with van der Waals surface area (Å²) in [4.78, 5) is 27.7. The van der Waals surface area contributed by atoms with Crippen LogP contribution in [-0.2, 0) is 6.54 Å². The maximum Gasteiger partial charge on any atom is 0.272 e. The number of methoxy groups -OCH3 is 1. The van der Waals surface area contributed by atoms with Gasteiger partial charge in [0.2, 0.25) is 5.43 Å². The van der Waals surface area contributed by atoms with E-state index in [4.69, 9.17) is 4.74 Å². The minimum absolute atomic E-state index is 0.0806. The SMILES string of the molecule is COc1c(C)[nH]cc(CN(C)c2ccc([N+](=O)[O-])c(C)c2)c1=O. The van der Waals surface area contributed by atoms with Crippen LogP contribution in [0.1, 0.15) is 16.8 Å². The number of ether oxygens (including phenoxy) is 1. The van der Waals surface area contributed by atoms with Crippen LogP contribution in [0.4, 0.5) is 11.4 Å². The summed E-state index contributed by atoms with van der Waals surface area (Å²) in [6.45, 7) is 3.83. The molecule has 23 heavy (non-hydrogen) atoms. The molecule has 0 spiro atoms. The van der Waals surface area contributed by atoms with Crippen molar-refractivity contribution in [3.8, 4) is 5.75 Å². The summed E-state index contributed by atoms with van der Waals surface area (Å²) in [5.41, 5.74) is 2.54. The summed E-state index contributed by atoms with van der Waals surface area (Å²) in [5, 5.41) is 10.9. The van der Waals surface area contributed by atoms with E-state index in [0.29, 0.717) is 29.1 Å². The lowest BCUT2D eigenvalue weighted by atomic mass is 10.1. The second kappa shape index (κ2) is 6.51. The van der Waals surface area contributed by atoms with Gasteiger partial charge < -0.3 is 14.6 Å². The van der Waals surface area contributed by atoms with Crippen LogP contribution in [-0.4, -0.2) is 24.1 Å². The van der Waals surface area contributed by atoms with Gasteiger partial charge in [-0.2, -0.15) is 0 Å². The average Bonchev–Trinajstić information content (AvgIpc) is 2.50. The molecule has 7 nitrogen and oxygen atoms in total. The van der Waals surface area contributed by atoms with E-state index in [-0.39, 0.29) is 11.1 Å². The molecule has 0 unspecified atom stereocenters. The Bertz CT molecular complexity index is 798. The van der Waals surface area contributed by atoms with Crippen molar-refractivity contribution in [2.24, 2.45) is 0 Å². The van der Waals surface area contributed by atoms with Gasteiger partial charge >= 0.3 is 0 Å². The van der Waals surface area contributed by atoms with Crippen LogP contribution in [0.15, 0.2) is 29.2 Å². The Morgan fingerprint density at radius 2 is 2.04 bits per heavy atom. The van der Waals surface area contributed by atoms with Crippen molar-refractivity contribution in [2.45, 2.75) is 20.4 Å². The first kappa shape index (κ1) is 16.5. The quantitative estimate of drug-likeness (QED) is 0.676. The molecule has 122 valence electrons. The normalized spacial score (nSPS) is 10.4. The summed E-state index contributed by atoms with van der Waals surface area (Å²) < 4.78 is 5.13. The van der Waals surface area contributed by atoms with Crippen molar-refractivity contribution < 1.29 is 9.66 Å². The number of hydrogen-bond donors (Lipinski definition) is 1. The lowest BCUT2D eigenvalue weighted by molar-refractivity contribution is -0.385.